The molecule has 1 aliphatic heterocycles. The molecular formula is C28H48O2. The number of fused-ring (bicyclic) bond motifs is 1. The fourth-order valence-corrected chi connectivity index (χ4v) is 5.14. The second kappa shape index (κ2) is 9.96. The topological polar surface area (TPSA) is 29.5 Å². The van der Waals surface area contributed by atoms with Crippen LogP contribution in [0.3, 0.4) is 0 Å². The number of aromatic hydroxyl groups is 1. The average Bonchev–Trinajstić information content (AvgIpc) is 2.97. The molecule has 0 saturated carbocycles. The van der Waals surface area contributed by atoms with Gasteiger partial charge < -0.3 is 9.84 Å². The Kier molecular flexibility index (Phi) is 8.33. The van der Waals surface area contributed by atoms with Gasteiger partial charge in [0, 0.05) is 17.5 Å². The molecule has 2 rings (SSSR count). The number of ether oxygens (including phenoxy) is 1. The summed E-state index contributed by atoms with van der Waals surface area (Å²) in [6, 6.07) is 4.10. The van der Waals surface area contributed by atoms with Crippen molar-refractivity contribution in [1.82, 2.24) is 0 Å². The molecule has 1 aromatic carbocycles. The lowest BCUT2D eigenvalue weighted by Crippen LogP contribution is -2.36. The summed E-state index contributed by atoms with van der Waals surface area (Å²) < 4.78 is 6.80. The molecule has 0 spiro atoms. The van der Waals surface area contributed by atoms with Gasteiger partial charge in [-0.05, 0) is 54.6 Å². The third-order valence-electron chi connectivity index (χ3n) is 7.12. The summed E-state index contributed by atoms with van der Waals surface area (Å²) in [5, 5.41) is 10.7. The first kappa shape index (κ1) is 25.1. The van der Waals surface area contributed by atoms with Crippen molar-refractivity contribution in [2.75, 3.05) is 0 Å². The summed E-state index contributed by atoms with van der Waals surface area (Å²) in [6.45, 7) is 18.2. The number of hydrogen-bond acceptors (Lipinski definition) is 2. The highest BCUT2D eigenvalue weighted by Crippen LogP contribution is 2.47. The van der Waals surface area contributed by atoms with E-state index in [2.05, 4.69) is 61.5 Å². The molecule has 1 N–H and O–H groups in total. The lowest BCUT2D eigenvalue weighted by atomic mass is 9.73. The van der Waals surface area contributed by atoms with Gasteiger partial charge in [-0.1, -0.05) is 87.5 Å². The second-order valence-electron chi connectivity index (χ2n) is 11.9. The van der Waals surface area contributed by atoms with E-state index in [-0.39, 0.29) is 11.0 Å². The Morgan fingerprint density at radius 2 is 1.63 bits per heavy atom. The maximum atomic E-state index is 10.7. The van der Waals surface area contributed by atoms with Crippen molar-refractivity contribution in [2.45, 2.75) is 131 Å². The predicted octanol–water partition coefficient (Wildman–Crippen LogP) is 8.58. The number of rotatable bonds is 10. The lowest BCUT2D eigenvalue weighted by Gasteiger charge is -2.35. The van der Waals surface area contributed by atoms with Crippen LogP contribution in [-0.2, 0) is 11.8 Å². The predicted molar refractivity (Wildman–Crippen MR) is 130 cm³/mol. The van der Waals surface area contributed by atoms with Crippen LogP contribution in [0.25, 0.3) is 0 Å². The van der Waals surface area contributed by atoms with Crippen molar-refractivity contribution in [3.8, 4) is 11.5 Å². The smallest absolute Gasteiger partial charge is 0.124 e. The van der Waals surface area contributed by atoms with Gasteiger partial charge in [0.05, 0.1) is 0 Å². The molecule has 0 aliphatic carbocycles. The van der Waals surface area contributed by atoms with E-state index >= 15 is 0 Å². The molecule has 1 aliphatic rings. The Balaban J connectivity index is 2.24. The Morgan fingerprint density at radius 1 is 0.933 bits per heavy atom. The van der Waals surface area contributed by atoms with E-state index in [1.165, 1.54) is 50.5 Å². The zero-order chi connectivity index (χ0) is 22.6. The van der Waals surface area contributed by atoms with Gasteiger partial charge in [0.1, 0.15) is 17.1 Å². The van der Waals surface area contributed by atoms with Crippen LogP contribution >= 0.6 is 0 Å². The molecule has 1 aromatic rings. The largest absolute Gasteiger partial charge is 0.508 e. The van der Waals surface area contributed by atoms with Crippen molar-refractivity contribution in [2.24, 2.45) is 11.3 Å². The van der Waals surface area contributed by atoms with Crippen LogP contribution in [0, 0.1) is 11.3 Å². The normalized spacial score (nSPS) is 20.1. The minimum atomic E-state index is -0.101. The Morgan fingerprint density at radius 3 is 2.20 bits per heavy atom. The molecule has 172 valence electrons. The van der Waals surface area contributed by atoms with Gasteiger partial charge in [0.25, 0.3) is 0 Å². The van der Waals surface area contributed by atoms with Crippen molar-refractivity contribution in [1.29, 1.82) is 0 Å². The summed E-state index contributed by atoms with van der Waals surface area (Å²) in [6.07, 6.45) is 12.0. The third-order valence-corrected chi connectivity index (χ3v) is 7.12. The maximum absolute atomic E-state index is 10.7. The number of phenolic OH excluding ortho intramolecular Hbond substituents is 1. The SMILES string of the molecule is CCCCCCC1(CCC(CCC)C(C)(C)C)Cc2cc(O)c(C(C)(C)C)cc2O1. The van der Waals surface area contributed by atoms with E-state index in [9.17, 15) is 5.11 Å². The van der Waals surface area contributed by atoms with Crippen LogP contribution < -0.4 is 4.74 Å². The lowest BCUT2D eigenvalue weighted by molar-refractivity contribution is 0.0539. The van der Waals surface area contributed by atoms with Crippen LogP contribution in [0.15, 0.2) is 12.1 Å². The van der Waals surface area contributed by atoms with Gasteiger partial charge >= 0.3 is 0 Å². The molecule has 2 atom stereocenters. The molecule has 0 amide bonds. The first-order valence-corrected chi connectivity index (χ1v) is 12.5. The molecule has 0 saturated heterocycles. The van der Waals surface area contributed by atoms with E-state index < -0.39 is 0 Å². The molecule has 30 heavy (non-hydrogen) atoms. The Bertz CT molecular complexity index is 677. The Hall–Kier alpha value is -1.18. The van der Waals surface area contributed by atoms with Crippen LogP contribution in [0.5, 0.6) is 11.5 Å². The fraction of sp³-hybridized carbons (Fsp3) is 0.786. The highest BCUT2D eigenvalue weighted by atomic mass is 16.5. The average molecular weight is 417 g/mol. The number of unbranched alkanes of at least 4 members (excludes halogenated alkanes) is 3. The van der Waals surface area contributed by atoms with Gasteiger partial charge in [-0.15, -0.1) is 0 Å². The molecule has 2 heteroatoms. The van der Waals surface area contributed by atoms with Crippen molar-refractivity contribution >= 4 is 0 Å². The van der Waals surface area contributed by atoms with Gasteiger partial charge in [0.2, 0.25) is 0 Å². The first-order chi connectivity index (χ1) is 13.9. The Labute approximate surface area is 186 Å². The number of benzene rings is 1. The molecular weight excluding hydrogens is 368 g/mol. The summed E-state index contributed by atoms with van der Waals surface area (Å²) in [5.41, 5.74) is 2.33. The van der Waals surface area contributed by atoms with Crippen molar-refractivity contribution < 1.29 is 9.84 Å². The molecule has 0 bridgehead atoms. The van der Waals surface area contributed by atoms with E-state index in [4.69, 9.17) is 4.74 Å². The third kappa shape index (κ3) is 6.41. The molecule has 0 fully saturated rings. The zero-order valence-electron chi connectivity index (χ0n) is 21.2. The maximum Gasteiger partial charge on any atom is 0.124 e. The van der Waals surface area contributed by atoms with Crippen LogP contribution in [-0.4, -0.2) is 10.7 Å². The summed E-state index contributed by atoms with van der Waals surface area (Å²) >= 11 is 0. The molecule has 2 nitrogen and oxygen atoms in total. The van der Waals surface area contributed by atoms with E-state index in [0.717, 1.165) is 36.5 Å². The minimum Gasteiger partial charge on any atom is -0.508 e. The first-order valence-electron chi connectivity index (χ1n) is 12.5. The number of phenols is 1. The van der Waals surface area contributed by atoms with E-state index in [0.29, 0.717) is 11.2 Å². The van der Waals surface area contributed by atoms with Gasteiger partial charge in [-0.3, -0.25) is 0 Å². The fourth-order valence-electron chi connectivity index (χ4n) is 5.14. The summed E-state index contributed by atoms with van der Waals surface area (Å²) in [5.74, 6) is 2.15. The molecule has 1 heterocycles. The quantitative estimate of drug-likeness (QED) is 0.387. The van der Waals surface area contributed by atoms with Crippen molar-refractivity contribution in [3.05, 3.63) is 23.3 Å². The molecule has 0 radical (unpaired) electrons. The summed E-state index contributed by atoms with van der Waals surface area (Å²) in [4.78, 5) is 0. The van der Waals surface area contributed by atoms with Crippen LogP contribution in [0.4, 0.5) is 0 Å². The monoisotopic (exact) mass is 416 g/mol. The standard InChI is InChI=1S/C28H48O2/c1-9-11-12-13-16-28(17-15-22(14-10-2)26(3,4)5)20-21-18-24(29)23(27(6,7)8)19-25(21)30-28/h18-19,22,29H,9-17,20H2,1-8H3. The molecule has 2 unspecified atom stereocenters. The molecule has 0 aromatic heterocycles. The van der Waals surface area contributed by atoms with Crippen LogP contribution in [0.1, 0.15) is 124 Å². The van der Waals surface area contributed by atoms with Gasteiger partial charge in [-0.25, -0.2) is 0 Å². The second-order valence-corrected chi connectivity index (χ2v) is 11.9. The summed E-state index contributed by atoms with van der Waals surface area (Å²) in [7, 11) is 0. The highest BCUT2D eigenvalue weighted by molar-refractivity contribution is 5.51. The number of hydrogen-bond donors (Lipinski definition) is 1. The highest BCUT2D eigenvalue weighted by Gasteiger charge is 2.41. The minimum absolute atomic E-state index is 0.0900. The van der Waals surface area contributed by atoms with E-state index in [1.54, 1.807) is 0 Å². The van der Waals surface area contributed by atoms with Crippen LogP contribution in [0.2, 0.25) is 0 Å². The van der Waals surface area contributed by atoms with E-state index in [1.807, 2.05) is 6.07 Å². The van der Waals surface area contributed by atoms with Crippen molar-refractivity contribution in [3.63, 3.8) is 0 Å². The van der Waals surface area contributed by atoms with Gasteiger partial charge in [-0.2, -0.15) is 0 Å². The zero-order valence-corrected chi connectivity index (χ0v) is 21.2. The van der Waals surface area contributed by atoms with Gasteiger partial charge in [0.15, 0.2) is 0 Å².